The molecule has 0 spiro atoms. The fourth-order valence-electron chi connectivity index (χ4n) is 4.06. The molecule has 3 aromatic carbocycles. The Hall–Kier alpha value is -5.12. The molecule has 0 aliphatic carbocycles. The molecule has 192 valence electrons. The third-order valence-electron chi connectivity index (χ3n) is 5.77. The van der Waals surface area contributed by atoms with Crippen LogP contribution in [-0.2, 0) is 4.79 Å². The van der Waals surface area contributed by atoms with Crippen molar-refractivity contribution < 1.29 is 28.2 Å². The summed E-state index contributed by atoms with van der Waals surface area (Å²) in [5, 5.41) is 5.59. The van der Waals surface area contributed by atoms with Crippen molar-refractivity contribution in [1.29, 1.82) is 0 Å². The fourth-order valence-corrected chi connectivity index (χ4v) is 4.06. The van der Waals surface area contributed by atoms with E-state index in [1.165, 1.54) is 32.0 Å². The average Bonchev–Trinajstić information content (AvgIpc) is 3.37. The van der Waals surface area contributed by atoms with Gasteiger partial charge in [0.2, 0.25) is 11.6 Å². The summed E-state index contributed by atoms with van der Waals surface area (Å²) in [5.74, 6) is 1.31. The molecule has 0 amide bonds. The molecular formula is C28H23N3O7. The first kappa shape index (κ1) is 24.6. The number of hydrogen-bond donors (Lipinski definition) is 0. The van der Waals surface area contributed by atoms with Gasteiger partial charge in [0.15, 0.2) is 17.3 Å². The van der Waals surface area contributed by atoms with Gasteiger partial charge in [-0.05, 0) is 42.5 Å². The van der Waals surface area contributed by atoms with Crippen molar-refractivity contribution in [3.05, 3.63) is 76.6 Å². The number of furan rings is 1. The van der Waals surface area contributed by atoms with E-state index in [0.29, 0.717) is 33.6 Å². The van der Waals surface area contributed by atoms with Crippen LogP contribution in [0.2, 0.25) is 0 Å². The molecule has 0 atom stereocenters. The maximum atomic E-state index is 13.5. The number of hydrogen-bond acceptors (Lipinski definition) is 9. The number of esters is 1. The molecule has 10 heteroatoms. The largest absolute Gasteiger partial charge is 0.496 e. The van der Waals surface area contributed by atoms with Gasteiger partial charge in [0.25, 0.3) is 5.56 Å². The molecule has 0 saturated carbocycles. The molecule has 0 N–H and O–H groups in total. The second kappa shape index (κ2) is 10.1. The highest BCUT2D eigenvalue weighted by atomic mass is 16.6. The van der Waals surface area contributed by atoms with Crippen LogP contribution in [0.25, 0.3) is 33.5 Å². The van der Waals surface area contributed by atoms with Crippen LogP contribution in [0, 0.1) is 0 Å². The molecule has 0 fully saturated rings. The van der Waals surface area contributed by atoms with Gasteiger partial charge in [0.1, 0.15) is 11.3 Å². The third kappa shape index (κ3) is 4.43. The molecular weight excluding hydrogens is 490 g/mol. The summed E-state index contributed by atoms with van der Waals surface area (Å²) < 4.78 is 28.7. The molecule has 10 nitrogen and oxygen atoms in total. The molecule has 0 saturated heterocycles. The minimum absolute atomic E-state index is 0.140. The summed E-state index contributed by atoms with van der Waals surface area (Å²) in [6.07, 6.45) is 1.45. The minimum atomic E-state index is -0.524. The van der Waals surface area contributed by atoms with Gasteiger partial charge in [-0.15, -0.1) is 0 Å². The number of methoxy groups -OCH3 is 3. The van der Waals surface area contributed by atoms with Crippen molar-refractivity contribution in [3.8, 4) is 34.6 Å². The summed E-state index contributed by atoms with van der Waals surface area (Å²) in [6.45, 7) is 1.28. The Labute approximate surface area is 216 Å². The van der Waals surface area contributed by atoms with E-state index in [-0.39, 0.29) is 28.6 Å². The van der Waals surface area contributed by atoms with Gasteiger partial charge in [-0.2, -0.15) is 9.78 Å². The predicted octanol–water partition coefficient (Wildman–Crippen LogP) is 4.64. The van der Waals surface area contributed by atoms with E-state index in [9.17, 15) is 9.59 Å². The van der Waals surface area contributed by atoms with Crippen molar-refractivity contribution >= 4 is 34.1 Å². The van der Waals surface area contributed by atoms with Gasteiger partial charge < -0.3 is 23.4 Å². The monoisotopic (exact) mass is 513 g/mol. The van der Waals surface area contributed by atoms with E-state index in [4.69, 9.17) is 28.3 Å². The number of carbonyl (C=O) groups is 1. The number of ether oxygens (including phenoxy) is 4. The molecule has 2 heterocycles. The molecule has 5 rings (SSSR count). The highest BCUT2D eigenvalue weighted by molar-refractivity contribution is 5.89. The number of nitrogens with zero attached hydrogens (tertiary/aromatic N) is 3. The minimum Gasteiger partial charge on any atom is -0.496 e. The summed E-state index contributed by atoms with van der Waals surface area (Å²) in [5.41, 5.74) is 1.21. The molecule has 0 aliphatic heterocycles. The zero-order valence-corrected chi connectivity index (χ0v) is 21.1. The van der Waals surface area contributed by atoms with Gasteiger partial charge >= 0.3 is 5.97 Å². The highest BCUT2D eigenvalue weighted by Gasteiger charge is 2.19. The van der Waals surface area contributed by atoms with Gasteiger partial charge in [-0.3, -0.25) is 9.59 Å². The van der Waals surface area contributed by atoms with Crippen LogP contribution in [0.15, 0.2) is 75.0 Å². The SMILES string of the molecule is COc1cc(C=Nn2c(-c3cc4c(OC)cccc4o3)nc3ccccc3c2=O)cc(OC)c1OC(C)=O. The number of fused-ring (bicyclic) bond motifs is 2. The lowest BCUT2D eigenvalue weighted by Gasteiger charge is -2.13. The standard InChI is InChI=1S/C28H23N3O7/c1-16(32)37-26-23(35-3)12-17(13-24(26)36-4)15-29-31-27(30-20-9-6-5-8-18(20)28(31)33)25-14-19-21(34-2)10-7-11-22(19)38-25/h5-15H,1-4H3. The number of para-hydroxylation sites is 1. The Morgan fingerprint density at radius 1 is 0.921 bits per heavy atom. The lowest BCUT2D eigenvalue weighted by atomic mass is 10.2. The van der Waals surface area contributed by atoms with Crippen molar-refractivity contribution in [2.45, 2.75) is 6.92 Å². The van der Waals surface area contributed by atoms with Crippen LogP contribution in [0.3, 0.4) is 0 Å². The Morgan fingerprint density at radius 2 is 1.63 bits per heavy atom. The van der Waals surface area contributed by atoms with E-state index in [1.807, 2.05) is 12.1 Å². The van der Waals surface area contributed by atoms with E-state index < -0.39 is 5.97 Å². The second-order valence-electron chi connectivity index (χ2n) is 8.15. The Morgan fingerprint density at radius 3 is 2.32 bits per heavy atom. The van der Waals surface area contributed by atoms with Crippen LogP contribution in [0.5, 0.6) is 23.0 Å². The maximum absolute atomic E-state index is 13.5. The second-order valence-corrected chi connectivity index (χ2v) is 8.15. The fraction of sp³-hybridized carbons (Fsp3) is 0.143. The average molecular weight is 514 g/mol. The summed E-state index contributed by atoms with van der Waals surface area (Å²) in [6, 6.07) is 17.4. The number of carbonyl (C=O) groups excluding carboxylic acids is 1. The first-order valence-corrected chi connectivity index (χ1v) is 11.5. The van der Waals surface area contributed by atoms with Gasteiger partial charge in [-0.25, -0.2) is 4.98 Å². The summed E-state index contributed by atoms with van der Waals surface area (Å²) in [7, 11) is 4.45. The van der Waals surface area contributed by atoms with Crippen molar-refractivity contribution in [1.82, 2.24) is 9.66 Å². The summed E-state index contributed by atoms with van der Waals surface area (Å²) >= 11 is 0. The van der Waals surface area contributed by atoms with Gasteiger partial charge in [-0.1, -0.05) is 18.2 Å². The van der Waals surface area contributed by atoms with Crippen LogP contribution in [-0.4, -0.2) is 43.2 Å². The molecule has 5 aromatic rings. The van der Waals surface area contributed by atoms with E-state index in [2.05, 4.69) is 5.10 Å². The van der Waals surface area contributed by atoms with E-state index >= 15 is 0 Å². The lowest BCUT2D eigenvalue weighted by Crippen LogP contribution is -2.20. The topological polar surface area (TPSA) is 114 Å². The Balaban J connectivity index is 1.69. The van der Waals surface area contributed by atoms with Crippen LogP contribution in [0.1, 0.15) is 12.5 Å². The number of aromatic nitrogens is 2. The number of benzene rings is 3. The Kier molecular flexibility index (Phi) is 6.53. The molecule has 0 bridgehead atoms. The van der Waals surface area contributed by atoms with Crippen LogP contribution < -0.4 is 24.5 Å². The summed E-state index contributed by atoms with van der Waals surface area (Å²) in [4.78, 5) is 29.8. The smallest absolute Gasteiger partial charge is 0.308 e. The molecule has 2 aromatic heterocycles. The molecule has 0 radical (unpaired) electrons. The molecule has 0 unspecified atom stereocenters. The van der Waals surface area contributed by atoms with Gasteiger partial charge in [0, 0.05) is 12.5 Å². The zero-order valence-electron chi connectivity index (χ0n) is 21.1. The third-order valence-corrected chi connectivity index (χ3v) is 5.77. The maximum Gasteiger partial charge on any atom is 0.308 e. The van der Waals surface area contributed by atoms with Crippen LogP contribution >= 0.6 is 0 Å². The van der Waals surface area contributed by atoms with Crippen LogP contribution in [0.4, 0.5) is 0 Å². The lowest BCUT2D eigenvalue weighted by molar-refractivity contribution is -0.132. The normalized spacial score (nSPS) is 11.3. The quantitative estimate of drug-likeness (QED) is 0.176. The van der Waals surface area contributed by atoms with Crippen molar-refractivity contribution in [3.63, 3.8) is 0 Å². The van der Waals surface area contributed by atoms with Crippen molar-refractivity contribution in [2.24, 2.45) is 5.10 Å². The number of rotatable bonds is 7. The zero-order chi connectivity index (χ0) is 26.8. The molecule has 38 heavy (non-hydrogen) atoms. The Bertz CT molecular complexity index is 1740. The van der Waals surface area contributed by atoms with Gasteiger partial charge in [0.05, 0.1) is 43.8 Å². The van der Waals surface area contributed by atoms with E-state index in [0.717, 1.165) is 5.39 Å². The predicted molar refractivity (Wildman–Crippen MR) is 142 cm³/mol. The first-order chi connectivity index (χ1) is 18.4. The molecule has 0 aliphatic rings. The van der Waals surface area contributed by atoms with E-state index in [1.54, 1.807) is 55.6 Å². The first-order valence-electron chi connectivity index (χ1n) is 11.5. The highest BCUT2D eigenvalue weighted by Crippen LogP contribution is 2.38. The van der Waals surface area contributed by atoms with Crippen molar-refractivity contribution in [2.75, 3.05) is 21.3 Å².